The van der Waals surface area contributed by atoms with Crippen LogP contribution in [0, 0.1) is 5.82 Å². The molecular weight excluding hydrogens is 335 g/mol. The Labute approximate surface area is 152 Å². The SMILES string of the molecule is CC(C)c1cc(C(=O)N2CCN(C(C=O)c3ccc(F)cc3)CC2)n[nH]1. The average molecular weight is 358 g/mol. The summed E-state index contributed by atoms with van der Waals surface area (Å²) in [6.07, 6.45) is 0.868. The predicted molar refractivity (Wildman–Crippen MR) is 95.4 cm³/mol. The van der Waals surface area contributed by atoms with E-state index in [0.29, 0.717) is 31.9 Å². The number of carbonyl (C=O) groups excluding carboxylic acids is 2. The van der Waals surface area contributed by atoms with Gasteiger partial charge in [-0.25, -0.2) is 4.39 Å². The highest BCUT2D eigenvalue weighted by molar-refractivity contribution is 5.92. The molecule has 26 heavy (non-hydrogen) atoms. The van der Waals surface area contributed by atoms with Crippen molar-refractivity contribution in [2.24, 2.45) is 0 Å². The molecule has 1 unspecified atom stereocenters. The van der Waals surface area contributed by atoms with E-state index in [1.54, 1.807) is 23.1 Å². The summed E-state index contributed by atoms with van der Waals surface area (Å²) in [6, 6.07) is 7.34. The Morgan fingerprint density at radius 1 is 1.19 bits per heavy atom. The highest BCUT2D eigenvalue weighted by Crippen LogP contribution is 2.21. The lowest BCUT2D eigenvalue weighted by atomic mass is 10.1. The van der Waals surface area contributed by atoms with Gasteiger partial charge < -0.3 is 9.69 Å². The molecule has 0 saturated carbocycles. The van der Waals surface area contributed by atoms with Crippen LogP contribution in [0.4, 0.5) is 4.39 Å². The van der Waals surface area contributed by atoms with Gasteiger partial charge in [-0.2, -0.15) is 5.10 Å². The van der Waals surface area contributed by atoms with E-state index >= 15 is 0 Å². The molecule has 1 N–H and O–H groups in total. The molecule has 1 saturated heterocycles. The van der Waals surface area contributed by atoms with Crippen molar-refractivity contribution in [1.29, 1.82) is 0 Å². The second-order valence-corrected chi connectivity index (χ2v) is 6.82. The van der Waals surface area contributed by atoms with E-state index in [9.17, 15) is 14.0 Å². The van der Waals surface area contributed by atoms with Crippen LogP contribution in [-0.2, 0) is 4.79 Å². The van der Waals surface area contributed by atoms with Gasteiger partial charge in [0.1, 0.15) is 17.8 Å². The summed E-state index contributed by atoms with van der Waals surface area (Å²) < 4.78 is 13.1. The first-order valence-corrected chi connectivity index (χ1v) is 8.79. The minimum absolute atomic E-state index is 0.0998. The van der Waals surface area contributed by atoms with Crippen LogP contribution in [-0.4, -0.2) is 58.4 Å². The van der Waals surface area contributed by atoms with Gasteiger partial charge in [0.25, 0.3) is 5.91 Å². The molecule has 0 bridgehead atoms. The summed E-state index contributed by atoms with van der Waals surface area (Å²) in [7, 11) is 0. The topological polar surface area (TPSA) is 69.3 Å². The van der Waals surface area contributed by atoms with Gasteiger partial charge in [-0.3, -0.25) is 14.8 Å². The molecule has 1 aromatic carbocycles. The third kappa shape index (κ3) is 3.83. The van der Waals surface area contributed by atoms with Gasteiger partial charge in [0.2, 0.25) is 0 Å². The molecule has 2 aromatic rings. The number of nitrogens with zero attached hydrogens (tertiary/aromatic N) is 3. The average Bonchev–Trinajstić information content (AvgIpc) is 3.14. The zero-order valence-electron chi connectivity index (χ0n) is 15.0. The van der Waals surface area contributed by atoms with Gasteiger partial charge in [-0.05, 0) is 29.7 Å². The smallest absolute Gasteiger partial charge is 0.274 e. The number of halogens is 1. The van der Waals surface area contributed by atoms with Crippen LogP contribution < -0.4 is 0 Å². The van der Waals surface area contributed by atoms with Crippen molar-refractivity contribution in [3.8, 4) is 0 Å². The maximum atomic E-state index is 13.1. The van der Waals surface area contributed by atoms with E-state index in [4.69, 9.17) is 0 Å². The van der Waals surface area contributed by atoms with Crippen molar-refractivity contribution in [1.82, 2.24) is 20.0 Å². The van der Waals surface area contributed by atoms with E-state index in [1.165, 1.54) is 12.1 Å². The lowest BCUT2D eigenvalue weighted by Gasteiger charge is -2.37. The Morgan fingerprint density at radius 3 is 2.38 bits per heavy atom. The Bertz CT molecular complexity index is 764. The molecule has 0 radical (unpaired) electrons. The quantitative estimate of drug-likeness (QED) is 0.833. The number of hydrogen-bond acceptors (Lipinski definition) is 4. The molecule has 1 amide bonds. The fourth-order valence-corrected chi connectivity index (χ4v) is 3.14. The minimum atomic E-state index is -0.425. The summed E-state index contributed by atoms with van der Waals surface area (Å²) in [4.78, 5) is 27.9. The van der Waals surface area contributed by atoms with E-state index in [2.05, 4.69) is 10.2 Å². The highest BCUT2D eigenvalue weighted by atomic mass is 19.1. The molecule has 7 heteroatoms. The van der Waals surface area contributed by atoms with Crippen LogP contribution in [0.3, 0.4) is 0 Å². The van der Waals surface area contributed by atoms with Gasteiger partial charge in [0.05, 0.1) is 6.04 Å². The van der Waals surface area contributed by atoms with E-state index in [1.807, 2.05) is 18.7 Å². The number of carbonyl (C=O) groups is 2. The highest BCUT2D eigenvalue weighted by Gasteiger charge is 2.28. The molecule has 6 nitrogen and oxygen atoms in total. The molecule has 1 fully saturated rings. The molecule has 1 atom stereocenters. The van der Waals surface area contributed by atoms with Crippen LogP contribution in [0.5, 0.6) is 0 Å². The number of aromatic amines is 1. The van der Waals surface area contributed by atoms with Crippen LogP contribution in [0.15, 0.2) is 30.3 Å². The summed E-state index contributed by atoms with van der Waals surface area (Å²) >= 11 is 0. The van der Waals surface area contributed by atoms with Gasteiger partial charge >= 0.3 is 0 Å². The zero-order valence-corrected chi connectivity index (χ0v) is 15.0. The molecule has 0 spiro atoms. The third-order valence-corrected chi connectivity index (χ3v) is 4.77. The zero-order chi connectivity index (χ0) is 18.7. The molecule has 0 aliphatic carbocycles. The van der Waals surface area contributed by atoms with E-state index in [0.717, 1.165) is 17.5 Å². The van der Waals surface area contributed by atoms with Crippen molar-refractivity contribution in [3.05, 3.63) is 53.1 Å². The molecule has 3 rings (SSSR count). The molecule has 1 aliphatic heterocycles. The van der Waals surface area contributed by atoms with E-state index in [-0.39, 0.29) is 17.6 Å². The van der Waals surface area contributed by atoms with Crippen molar-refractivity contribution in [3.63, 3.8) is 0 Å². The minimum Gasteiger partial charge on any atom is -0.335 e. The summed E-state index contributed by atoms with van der Waals surface area (Å²) in [6.45, 7) is 6.27. The van der Waals surface area contributed by atoms with Crippen molar-refractivity contribution in [2.45, 2.75) is 25.8 Å². The largest absolute Gasteiger partial charge is 0.335 e. The Hall–Kier alpha value is -2.54. The Balaban J connectivity index is 1.63. The number of aldehydes is 1. The molecule has 2 heterocycles. The van der Waals surface area contributed by atoms with Crippen LogP contribution in [0.1, 0.15) is 47.6 Å². The summed E-state index contributed by atoms with van der Waals surface area (Å²) in [5.74, 6) is -0.143. The first-order chi connectivity index (χ1) is 12.5. The van der Waals surface area contributed by atoms with Gasteiger partial charge in [0.15, 0.2) is 0 Å². The second kappa shape index (κ2) is 7.78. The molecule has 138 valence electrons. The fourth-order valence-electron chi connectivity index (χ4n) is 3.14. The van der Waals surface area contributed by atoms with Crippen LogP contribution >= 0.6 is 0 Å². The first-order valence-electron chi connectivity index (χ1n) is 8.79. The van der Waals surface area contributed by atoms with Gasteiger partial charge in [0, 0.05) is 31.9 Å². The lowest BCUT2D eigenvalue weighted by Crippen LogP contribution is -2.50. The summed E-state index contributed by atoms with van der Waals surface area (Å²) in [5.41, 5.74) is 2.12. The number of hydrogen-bond donors (Lipinski definition) is 1. The van der Waals surface area contributed by atoms with Gasteiger partial charge in [-0.1, -0.05) is 26.0 Å². The fraction of sp³-hybridized carbons (Fsp3) is 0.421. The van der Waals surface area contributed by atoms with Crippen molar-refractivity contribution in [2.75, 3.05) is 26.2 Å². The number of rotatable bonds is 5. The molecular formula is C19H23FN4O2. The van der Waals surface area contributed by atoms with Crippen molar-refractivity contribution >= 4 is 12.2 Å². The molecule has 1 aromatic heterocycles. The first kappa shape index (κ1) is 18.3. The maximum absolute atomic E-state index is 13.1. The molecule has 1 aliphatic rings. The second-order valence-electron chi connectivity index (χ2n) is 6.82. The Kier molecular flexibility index (Phi) is 5.46. The van der Waals surface area contributed by atoms with Crippen molar-refractivity contribution < 1.29 is 14.0 Å². The van der Waals surface area contributed by atoms with Crippen LogP contribution in [0.2, 0.25) is 0 Å². The third-order valence-electron chi connectivity index (χ3n) is 4.77. The number of H-pyrrole nitrogens is 1. The predicted octanol–water partition coefficient (Wildman–Crippen LogP) is 2.37. The normalized spacial score (nSPS) is 16.7. The van der Waals surface area contributed by atoms with Gasteiger partial charge in [-0.15, -0.1) is 0 Å². The number of amides is 1. The number of piperazine rings is 1. The number of aromatic nitrogens is 2. The van der Waals surface area contributed by atoms with Crippen LogP contribution in [0.25, 0.3) is 0 Å². The standard InChI is InChI=1S/C19H23FN4O2/c1-13(2)16-11-17(22-21-16)19(26)24-9-7-23(8-10-24)18(12-25)14-3-5-15(20)6-4-14/h3-6,11-13,18H,7-10H2,1-2H3,(H,21,22). The number of benzene rings is 1. The monoisotopic (exact) mass is 358 g/mol. The van der Waals surface area contributed by atoms with E-state index < -0.39 is 6.04 Å². The maximum Gasteiger partial charge on any atom is 0.274 e. The summed E-state index contributed by atoms with van der Waals surface area (Å²) in [5, 5.41) is 7.02. The number of nitrogens with one attached hydrogen (secondary N) is 1. The lowest BCUT2D eigenvalue weighted by molar-refractivity contribution is -0.113. The Morgan fingerprint density at radius 2 is 1.85 bits per heavy atom.